The van der Waals surface area contributed by atoms with Crippen molar-refractivity contribution in [1.29, 1.82) is 0 Å². The molecule has 3 aromatic carbocycles. The van der Waals surface area contributed by atoms with Gasteiger partial charge in [0.25, 0.3) is 0 Å². The molecule has 3 atom stereocenters. The first-order valence-corrected chi connectivity index (χ1v) is 13.0. The highest BCUT2D eigenvalue weighted by molar-refractivity contribution is 6.31. The summed E-state index contributed by atoms with van der Waals surface area (Å²) >= 11 is 12.5. The molecular formula is C29H28Cl2FN3O2. The number of likely N-dealkylation sites (tertiary alicyclic amines) is 1. The van der Waals surface area contributed by atoms with Crippen molar-refractivity contribution in [3.8, 4) is 0 Å². The van der Waals surface area contributed by atoms with Crippen LogP contribution in [0.1, 0.15) is 55.8 Å². The molecule has 0 unspecified atom stereocenters. The van der Waals surface area contributed by atoms with Gasteiger partial charge in [0, 0.05) is 33.7 Å². The zero-order valence-corrected chi connectivity index (χ0v) is 22.3. The molecule has 1 saturated heterocycles. The van der Waals surface area contributed by atoms with Crippen LogP contribution in [0.2, 0.25) is 10.0 Å². The van der Waals surface area contributed by atoms with Crippen molar-refractivity contribution >= 4 is 40.8 Å². The number of carbonyl (C=O) groups excluding carboxylic acids is 2. The van der Waals surface area contributed by atoms with E-state index in [9.17, 15) is 14.0 Å². The number of anilines is 1. The van der Waals surface area contributed by atoms with Crippen molar-refractivity contribution in [2.75, 3.05) is 11.9 Å². The van der Waals surface area contributed by atoms with E-state index < -0.39 is 22.8 Å². The third kappa shape index (κ3) is 4.47. The van der Waals surface area contributed by atoms with Gasteiger partial charge in [0.05, 0.1) is 6.04 Å². The number of halogens is 3. The molecule has 5 nitrogen and oxygen atoms in total. The summed E-state index contributed by atoms with van der Waals surface area (Å²) in [5.41, 5.74) is 1.03. The van der Waals surface area contributed by atoms with Crippen LogP contribution in [0.25, 0.3) is 0 Å². The van der Waals surface area contributed by atoms with E-state index in [1.165, 1.54) is 12.1 Å². The van der Waals surface area contributed by atoms with Crippen molar-refractivity contribution in [3.05, 3.63) is 99.3 Å². The van der Waals surface area contributed by atoms with Crippen molar-refractivity contribution in [3.63, 3.8) is 0 Å². The molecule has 0 aliphatic carbocycles. The van der Waals surface area contributed by atoms with Gasteiger partial charge in [0.1, 0.15) is 11.2 Å². The lowest BCUT2D eigenvalue weighted by Gasteiger charge is -2.52. The molecule has 3 amide bonds. The van der Waals surface area contributed by atoms with E-state index in [0.717, 1.165) is 11.1 Å². The van der Waals surface area contributed by atoms with Crippen LogP contribution in [0.3, 0.4) is 0 Å². The maximum absolute atomic E-state index is 14.7. The molecule has 3 aromatic rings. The highest BCUT2D eigenvalue weighted by Crippen LogP contribution is 2.59. The molecule has 37 heavy (non-hydrogen) atoms. The number of carbonyl (C=O) groups is 2. The van der Waals surface area contributed by atoms with Gasteiger partial charge in [-0.1, -0.05) is 53.5 Å². The number of amides is 3. The number of piperidine rings is 1. The minimum Gasteiger partial charge on any atom is -0.333 e. The van der Waals surface area contributed by atoms with Gasteiger partial charge in [-0.3, -0.25) is 4.79 Å². The fraction of sp³-hybridized carbons (Fsp3) is 0.310. The molecule has 2 aliphatic heterocycles. The Morgan fingerprint density at radius 2 is 1.73 bits per heavy atom. The van der Waals surface area contributed by atoms with E-state index in [0.29, 0.717) is 34.3 Å². The molecule has 1 spiro atoms. The quantitative estimate of drug-likeness (QED) is 0.366. The van der Waals surface area contributed by atoms with Gasteiger partial charge in [0.15, 0.2) is 0 Å². The molecule has 5 rings (SSSR count). The highest BCUT2D eigenvalue weighted by atomic mass is 35.5. The molecule has 192 valence electrons. The molecule has 2 N–H and O–H groups in total. The predicted octanol–water partition coefficient (Wildman–Crippen LogP) is 7.06. The van der Waals surface area contributed by atoms with E-state index in [1.54, 1.807) is 41.3 Å². The maximum atomic E-state index is 14.7. The second kappa shape index (κ2) is 9.34. The van der Waals surface area contributed by atoms with Crippen LogP contribution >= 0.6 is 23.2 Å². The number of hydrogen-bond donors (Lipinski definition) is 2. The molecule has 1 fully saturated rings. The highest BCUT2D eigenvalue weighted by Gasteiger charge is 2.62. The fourth-order valence-electron chi connectivity index (χ4n) is 5.86. The van der Waals surface area contributed by atoms with Crippen LogP contribution in [0, 0.1) is 5.82 Å². The first-order chi connectivity index (χ1) is 17.5. The third-order valence-corrected chi connectivity index (χ3v) is 7.67. The predicted molar refractivity (Wildman–Crippen MR) is 145 cm³/mol. The zero-order chi connectivity index (χ0) is 26.5. The Hall–Kier alpha value is -3.09. The number of benzene rings is 3. The lowest BCUT2D eigenvalue weighted by Crippen LogP contribution is -2.60. The van der Waals surface area contributed by atoms with Crippen LogP contribution in [0.5, 0.6) is 0 Å². The SMILES string of the molecule is CC(C)(C)NC(=O)N1CC[C@@H](c2ccc(Cl)cc2)[C@]2(C(=O)Nc3cc(Cl)ccc32)[C@H]1c1cccc(F)c1. The van der Waals surface area contributed by atoms with Crippen LogP contribution in [-0.2, 0) is 10.2 Å². The maximum Gasteiger partial charge on any atom is 0.318 e. The molecular weight excluding hydrogens is 512 g/mol. The van der Waals surface area contributed by atoms with Gasteiger partial charge < -0.3 is 15.5 Å². The Morgan fingerprint density at radius 1 is 1.03 bits per heavy atom. The summed E-state index contributed by atoms with van der Waals surface area (Å²) in [4.78, 5) is 29.7. The van der Waals surface area contributed by atoms with Crippen LogP contribution < -0.4 is 10.6 Å². The second-order valence-corrected chi connectivity index (χ2v) is 11.6. The summed E-state index contributed by atoms with van der Waals surface area (Å²) in [7, 11) is 0. The number of hydrogen-bond acceptors (Lipinski definition) is 2. The van der Waals surface area contributed by atoms with Gasteiger partial charge in [-0.2, -0.15) is 0 Å². The average molecular weight is 540 g/mol. The Balaban J connectivity index is 1.79. The number of nitrogens with zero attached hydrogens (tertiary/aromatic N) is 1. The Bertz CT molecular complexity index is 1370. The molecule has 0 saturated carbocycles. The molecule has 0 bridgehead atoms. The van der Waals surface area contributed by atoms with Gasteiger partial charge in [-0.15, -0.1) is 0 Å². The van der Waals surface area contributed by atoms with Crippen LogP contribution in [0.4, 0.5) is 14.9 Å². The number of fused-ring (bicyclic) bond motifs is 2. The second-order valence-electron chi connectivity index (χ2n) is 10.7. The summed E-state index contributed by atoms with van der Waals surface area (Å²) in [6.07, 6.45) is 0.514. The standard InChI is InChI=1S/C29H28Cl2FN3O2/c1-28(2,3)34-27(37)35-14-13-22(17-7-9-19(30)10-8-17)29(25(35)18-5-4-6-21(32)15-18)23-12-11-20(31)16-24(23)33-26(29)36/h4-12,15-16,22,25H,13-14H2,1-3H3,(H,33,36)(H,34,37)/t22-,25+,29+/m0/s1. The number of nitrogens with one attached hydrogen (secondary N) is 2. The fourth-order valence-corrected chi connectivity index (χ4v) is 6.16. The van der Waals surface area contributed by atoms with E-state index in [1.807, 2.05) is 39.0 Å². The minimum atomic E-state index is -1.24. The van der Waals surface area contributed by atoms with Crippen molar-refractivity contribution < 1.29 is 14.0 Å². The van der Waals surface area contributed by atoms with E-state index in [4.69, 9.17) is 23.2 Å². The summed E-state index contributed by atoms with van der Waals surface area (Å²) in [5, 5.41) is 7.15. The smallest absolute Gasteiger partial charge is 0.318 e. The number of urea groups is 1. The van der Waals surface area contributed by atoms with E-state index >= 15 is 0 Å². The lowest BCUT2D eigenvalue weighted by molar-refractivity contribution is -0.126. The van der Waals surface area contributed by atoms with E-state index in [-0.39, 0.29) is 17.9 Å². The van der Waals surface area contributed by atoms with Gasteiger partial charge in [-0.25, -0.2) is 9.18 Å². The minimum absolute atomic E-state index is 0.257. The van der Waals surface area contributed by atoms with Gasteiger partial charge in [0.2, 0.25) is 5.91 Å². The third-order valence-electron chi connectivity index (χ3n) is 7.18. The van der Waals surface area contributed by atoms with E-state index in [2.05, 4.69) is 10.6 Å². The largest absolute Gasteiger partial charge is 0.333 e. The normalized spacial score (nSPS) is 23.1. The Kier molecular flexibility index (Phi) is 6.45. The molecule has 0 aromatic heterocycles. The first-order valence-electron chi connectivity index (χ1n) is 12.2. The molecule has 0 radical (unpaired) electrons. The van der Waals surface area contributed by atoms with Gasteiger partial charge in [-0.05, 0) is 80.3 Å². The zero-order valence-electron chi connectivity index (χ0n) is 20.8. The molecule has 2 heterocycles. The summed E-state index contributed by atoms with van der Waals surface area (Å²) in [6.45, 7) is 6.07. The summed E-state index contributed by atoms with van der Waals surface area (Å²) in [6, 6.07) is 17.8. The van der Waals surface area contributed by atoms with Crippen molar-refractivity contribution in [1.82, 2.24) is 10.2 Å². The summed E-state index contributed by atoms with van der Waals surface area (Å²) in [5.74, 6) is -1.02. The first kappa shape index (κ1) is 25.6. The molecule has 8 heteroatoms. The van der Waals surface area contributed by atoms with Gasteiger partial charge >= 0.3 is 6.03 Å². The topological polar surface area (TPSA) is 61.4 Å². The number of rotatable bonds is 2. The van der Waals surface area contributed by atoms with Crippen LogP contribution in [0.15, 0.2) is 66.7 Å². The van der Waals surface area contributed by atoms with Crippen LogP contribution in [-0.4, -0.2) is 28.9 Å². The monoisotopic (exact) mass is 539 g/mol. The lowest BCUT2D eigenvalue weighted by atomic mass is 9.59. The Morgan fingerprint density at radius 3 is 2.41 bits per heavy atom. The molecule has 2 aliphatic rings. The van der Waals surface area contributed by atoms with Crippen molar-refractivity contribution in [2.24, 2.45) is 0 Å². The Labute approximate surface area is 226 Å². The van der Waals surface area contributed by atoms with Crippen molar-refractivity contribution in [2.45, 2.75) is 50.1 Å². The average Bonchev–Trinajstić information content (AvgIpc) is 3.09. The summed E-state index contributed by atoms with van der Waals surface area (Å²) < 4.78 is 14.7.